The van der Waals surface area contributed by atoms with Crippen molar-refractivity contribution in [3.8, 4) is 0 Å². The van der Waals surface area contributed by atoms with Crippen LogP contribution in [0.3, 0.4) is 0 Å². The first kappa shape index (κ1) is 56.9. The highest BCUT2D eigenvalue weighted by molar-refractivity contribution is 7.47. The highest BCUT2D eigenvalue weighted by Crippen LogP contribution is 2.43. The van der Waals surface area contributed by atoms with Crippen LogP contribution in [0.2, 0.25) is 0 Å². The SMILES string of the molecule is CC/C=C\C/C=C\C/C=C\C/C=C\CCCCCCCCC(=O)OC(COC(=O)CCCCCCCCC/C=C\C/C=C\CCCCC)COP(=O)(O)OCC(N)C(=O)O. The van der Waals surface area contributed by atoms with Gasteiger partial charge in [0.1, 0.15) is 12.6 Å². The molecule has 4 N–H and O–H groups in total. The maximum absolute atomic E-state index is 12.7. The summed E-state index contributed by atoms with van der Waals surface area (Å²) in [5.74, 6) is -2.41. The fourth-order valence-electron chi connectivity index (χ4n) is 5.85. The minimum atomic E-state index is -4.73. The van der Waals surface area contributed by atoms with Crippen LogP contribution in [0.1, 0.15) is 181 Å². The van der Waals surface area contributed by atoms with E-state index in [1.165, 1.54) is 38.5 Å². The lowest BCUT2D eigenvalue weighted by molar-refractivity contribution is -0.161. The van der Waals surface area contributed by atoms with E-state index in [0.717, 1.165) is 103 Å². The van der Waals surface area contributed by atoms with Crippen LogP contribution >= 0.6 is 7.82 Å². The second-order valence-electron chi connectivity index (χ2n) is 15.1. The van der Waals surface area contributed by atoms with Gasteiger partial charge >= 0.3 is 25.7 Å². The molecule has 0 aromatic carbocycles. The zero-order valence-corrected chi connectivity index (χ0v) is 38.2. The highest BCUT2D eigenvalue weighted by atomic mass is 31.2. The Hall–Kier alpha value is -3.08. The smallest absolute Gasteiger partial charge is 0.472 e. The maximum atomic E-state index is 12.7. The molecule has 0 aromatic heterocycles. The van der Waals surface area contributed by atoms with Crippen molar-refractivity contribution in [1.82, 2.24) is 0 Å². The van der Waals surface area contributed by atoms with E-state index in [0.29, 0.717) is 12.8 Å². The molecule has 0 rings (SSSR count). The number of ether oxygens (including phenoxy) is 2. The van der Waals surface area contributed by atoms with Gasteiger partial charge in [0.2, 0.25) is 0 Å². The monoisotopic (exact) mass is 864 g/mol. The lowest BCUT2D eigenvalue weighted by atomic mass is 10.1. The summed E-state index contributed by atoms with van der Waals surface area (Å²) in [6.07, 6.45) is 51.0. The van der Waals surface area contributed by atoms with Crippen LogP contribution in [0, 0.1) is 0 Å². The number of carboxylic acid groups (broad SMARTS) is 1. The molecule has 0 aliphatic carbocycles. The van der Waals surface area contributed by atoms with Crippen molar-refractivity contribution in [2.24, 2.45) is 5.73 Å². The van der Waals surface area contributed by atoms with Gasteiger partial charge in [0.25, 0.3) is 0 Å². The molecule has 0 saturated heterocycles. The molecule has 0 bridgehead atoms. The fourth-order valence-corrected chi connectivity index (χ4v) is 6.63. The number of aliphatic carboxylic acids is 1. The quantitative estimate of drug-likeness (QED) is 0.0231. The van der Waals surface area contributed by atoms with Gasteiger partial charge in [-0.3, -0.25) is 23.4 Å². The van der Waals surface area contributed by atoms with Gasteiger partial charge in [-0.1, -0.05) is 157 Å². The van der Waals surface area contributed by atoms with Crippen LogP contribution in [-0.2, 0) is 37.5 Å². The van der Waals surface area contributed by atoms with Crippen molar-refractivity contribution in [3.05, 3.63) is 72.9 Å². The molecule has 0 fully saturated rings. The summed E-state index contributed by atoms with van der Waals surface area (Å²) in [4.78, 5) is 46.1. The van der Waals surface area contributed by atoms with Crippen LogP contribution in [0.15, 0.2) is 72.9 Å². The number of allylic oxidation sites excluding steroid dienone is 12. The largest absolute Gasteiger partial charge is 0.480 e. The molecule has 0 aliphatic heterocycles. The molecule has 0 radical (unpaired) electrons. The molecule has 3 atom stereocenters. The number of unbranched alkanes of at least 4 members (excludes halogenated alkanes) is 16. The molecule has 0 heterocycles. The van der Waals surface area contributed by atoms with Crippen molar-refractivity contribution in [2.75, 3.05) is 19.8 Å². The summed E-state index contributed by atoms with van der Waals surface area (Å²) in [5.41, 5.74) is 5.34. The number of carboxylic acids is 1. The van der Waals surface area contributed by atoms with E-state index in [1.54, 1.807) is 0 Å². The average Bonchev–Trinajstić information content (AvgIpc) is 3.22. The number of hydrogen-bond donors (Lipinski definition) is 3. The van der Waals surface area contributed by atoms with Crippen LogP contribution in [0.4, 0.5) is 0 Å². The summed E-state index contributed by atoms with van der Waals surface area (Å²) in [5, 5.41) is 8.90. The summed E-state index contributed by atoms with van der Waals surface area (Å²) >= 11 is 0. The van der Waals surface area contributed by atoms with Crippen LogP contribution in [-0.4, -0.2) is 59.9 Å². The fraction of sp³-hybridized carbons (Fsp3) is 0.688. The Labute approximate surface area is 363 Å². The standard InChI is InChI=1S/C48H82NO10P/c1-3-5-7-9-11-13-15-17-19-21-22-24-26-28-30-32-34-36-38-40-47(51)59-44(42-57-60(54,55)58-43-45(49)48(52)53)41-56-46(50)39-37-35-33-31-29-27-25-23-20-18-16-14-12-10-8-6-4-2/h5,7,11-14,17-20,22,24,44-45H,3-4,6,8-10,15-16,21,23,25-43,49H2,1-2H3,(H,52,53)(H,54,55)/b7-5-,13-11-,14-12-,19-17-,20-18-,24-22-. The Morgan fingerprint density at radius 1 is 0.533 bits per heavy atom. The van der Waals surface area contributed by atoms with Gasteiger partial charge in [-0.2, -0.15) is 0 Å². The number of phosphoric ester groups is 1. The summed E-state index contributed by atoms with van der Waals surface area (Å²) in [7, 11) is -4.73. The van der Waals surface area contributed by atoms with Gasteiger partial charge in [0.15, 0.2) is 6.10 Å². The van der Waals surface area contributed by atoms with Crippen molar-refractivity contribution >= 4 is 25.7 Å². The van der Waals surface area contributed by atoms with Gasteiger partial charge in [-0.15, -0.1) is 0 Å². The first-order valence-corrected chi connectivity index (χ1v) is 24.5. The lowest BCUT2D eigenvalue weighted by Gasteiger charge is -2.20. The van der Waals surface area contributed by atoms with E-state index in [4.69, 9.17) is 24.8 Å². The summed E-state index contributed by atoms with van der Waals surface area (Å²) in [6.45, 7) is 2.64. The molecule has 0 amide bonds. The molecule has 3 unspecified atom stereocenters. The van der Waals surface area contributed by atoms with Crippen molar-refractivity contribution in [2.45, 2.75) is 193 Å². The van der Waals surface area contributed by atoms with Gasteiger partial charge in [0, 0.05) is 12.8 Å². The predicted octanol–water partition coefficient (Wildman–Crippen LogP) is 12.5. The Morgan fingerprint density at radius 3 is 1.40 bits per heavy atom. The molecule has 344 valence electrons. The van der Waals surface area contributed by atoms with E-state index < -0.39 is 51.1 Å². The Morgan fingerprint density at radius 2 is 0.933 bits per heavy atom. The highest BCUT2D eigenvalue weighted by Gasteiger charge is 2.28. The van der Waals surface area contributed by atoms with Gasteiger partial charge < -0.3 is 25.2 Å². The molecular weight excluding hydrogens is 781 g/mol. The van der Waals surface area contributed by atoms with Crippen LogP contribution in [0.25, 0.3) is 0 Å². The topological polar surface area (TPSA) is 172 Å². The second kappa shape index (κ2) is 42.6. The lowest BCUT2D eigenvalue weighted by Crippen LogP contribution is -2.34. The van der Waals surface area contributed by atoms with E-state index in [-0.39, 0.29) is 19.4 Å². The third kappa shape index (κ3) is 41.6. The zero-order valence-electron chi connectivity index (χ0n) is 37.3. The second-order valence-corrected chi connectivity index (χ2v) is 16.6. The molecule has 0 saturated carbocycles. The molecule has 11 nitrogen and oxygen atoms in total. The average molecular weight is 864 g/mol. The Balaban J connectivity index is 4.38. The molecule has 0 aromatic rings. The number of carbonyl (C=O) groups excluding carboxylic acids is 2. The van der Waals surface area contributed by atoms with Gasteiger partial charge in [0.05, 0.1) is 13.2 Å². The first-order chi connectivity index (χ1) is 29.1. The third-order valence-corrected chi connectivity index (χ3v) is 10.4. The number of hydrogen-bond acceptors (Lipinski definition) is 9. The third-order valence-electron chi connectivity index (χ3n) is 9.44. The van der Waals surface area contributed by atoms with Gasteiger partial charge in [-0.25, -0.2) is 4.57 Å². The van der Waals surface area contributed by atoms with Crippen molar-refractivity contribution < 1.29 is 47.5 Å². The molecule has 12 heteroatoms. The minimum Gasteiger partial charge on any atom is -0.480 e. The Bertz CT molecular complexity index is 1290. The molecule has 0 spiro atoms. The summed E-state index contributed by atoms with van der Waals surface area (Å²) < 4.78 is 32.7. The van der Waals surface area contributed by atoms with Crippen molar-refractivity contribution in [3.63, 3.8) is 0 Å². The zero-order chi connectivity index (χ0) is 44.2. The van der Waals surface area contributed by atoms with E-state index >= 15 is 0 Å². The Kier molecular flexibility index (Phi) is 40.4. The molecular formula is C48H82NO10P. The van der Waals surface area contributed by atoms with E-state index in [2.05, 4.69) is 91.3 Å². The normalized spacial score (nSPS) is 14.3. The minimum absolute atomic E-state index is 0.140. The number of phosphoric acid groups is 1. The number of rotatable bonds is 42. The number of carbonyl (C=O) groups is 3. The number of esters is 2. The molecule has 60 heavy (non-hydrogen) atoms. The van der Waals surface area contributed by atoms with Crippen LogP contribution < -0.4 is 5.73 Å². The number of nitrogens with two attached hydrogens (primary N) is 1. The first-order valence-electron chi connectivity index (χ1n) is 23.0. The maximum Gasteiger partial charge on any atom is 0.472 e. The molecule has 0 aliphatic rings. The van der Waals surface area contributed by atoms with Crippen LogP contribution in [0.5, 0.6) is 0 Å². The summed E-state index contributed by atoms with van der Waals surface area (Å²) in [6, 6.07) is -1.53. The van der Waals surface area contributed by atoms with E-state index in [9.17, 15) is 23.8 Å². The van der Waals surface area contributed by atoms with Gasteiger partial charge in [-0.05, 0) is 83.5 Å². The van der Waals surface area contributed by atoms with Crippen molar-refractivity contribution in [1.29, 1.82) is 0 Å². The van der Waals surface area contributed by atoms with E-state index in [1.807, 2.05) is 0 Å². The predicted molar refractivity (Wildman–Crippen MR) is 244 cm³/mol.